The van der Waals surface area contributed by atoms with E-state index in [0.29, 0.717) is 26.2 Å². The zero-order valence-corrected chi connectivity index (χ0v) is 26.8. The number of likely N-dealkylation sites (tertiary alicyclic amines) is 2. The number of aliphatic hydroxyl groups excluding tert-OH is 6. The van der Waals surface area contributed by atoms with E-state index >= 15 is 0 Å². The zero-order chi connectivity index (χ0) is 33.9. The fourth-order valence-corrected chi connectivity index (χ4v) is 5.79. The number of piperidine rings is 2. The van der Waals surface area contributed by atoms with Crippen LogP contribution < -0.4 is 10.6 Å². The topological polar surface area (TPSA) is 220 Å². The molecule has 14 heteroatoms. The Morgan fingerprint density at radius 1 is 0.565 bits per heavy atom. The van der Waals surface area contributed by atoms with Crippen LogP contribution in [0.1, 0.15) is 89.9 Å². The van der Waals surface area contributed by atoms with Gasteiger partial charge in [-0.1, -0.05) is 51.4 Å². The molecular weight excluding hydrogens is 600 g/mol. The Morgan fingerprint density at radius 2 is 0.891 bits per heavy atom. The van der Waals surface area contributed by atoms with E-state index in [1.165, 1.54) is 0 Å². The summed E-state index contributed by atoms with van der Waals surface area (Å²) in [5.74, 6) is 3.06. The summed E-state index contributed by atoms with van der Waals surface area (Å²) in [7, 11) is 0. The number of amides is 2. The number of carbonyl (C=O) groups excluding carboxylic acids is 4. The van der Waals surface area contributed by atoms with E-state index in [1.54, 1.807) is 21.7 Å². The van der Waals surface area contributed by atoms with Crippen molar-refractivity contribution in [1.82, 2.24) is 20.4 Å². The second-order valence-electron chi connectivity index (χ2n) is 12.3. The number of hydrogen-bond acceptors (Lipinski definition) is 12. The van der Waals surface area contributed by atoms with Crippen LogP contribution in [0.4, 0.5) is 0 Å². The van der Waals surface area contributed by atoms with Crippen molar-refractivity contribution in [2.45, 2.75) is 127 Å². The van der Waals surface area contributed by atoms with Crippen LogP contribution in [0.3, 0.4) is 0 Å². The van der Waals surface area contributed by atoms with Gasteiger partial charge in [-0.2, -0.15) is 0 Å². The quantitative estimate of drug-likeness (QED) is 0.0547. The first-order valence-electron chi connectivity index (χ1n) is 16.7. The van der Waals surface area contributed by atoms with Gasteiger partial charge in [-0.05, 0) is 25.7 Å². The van der Waals surface area contributed by atoms with Crippen molar-refractivity contribution >= 4 is 23.7 Å². The van der Waals surface area contributed by atoms with E-state index in [1.807, 2.05) is 0 Å². The Labute approximate surface area is 271 Å². The van der Waals surface area contributed by atoms with Crippen LogP contribution in [0, 0.1) is 0 Å². The summed E-state index contributed by atoms with van der Waals surface area (Å²) < 4.78 is 0. The first-order chi connectivity index (χ1) is 22.1. The highest BCUT2D eigenvalue weighted by atomic mass is 16.4. The third kappa shape index (κ3) is 13.5. The molecule has 0 aliphatic carbocycles. The Kier molecular flexibility index (Phi) is 18.7. The minimum atomic E-state index is -1.42. The average molecular weight is 655 g/mol. The average Bonchev–Trinajstić information content (AvgIpc) is 3.03. The van der Waals surface area contributed by atoms with E-state index in [0.717, 1.165) is 77.0 Å². The predicted molar refractivity (Wildman–Crippen MR) is 168 cm³/mol. The Bertz CT molecular complexity index is 952. The summed E-state index contributed by atoms with van der Waals surface area (Å²) in [4.78, 5) is 49.5. The van der Waals surface area contributed by atoms with Gasteiger partial charge in [0.15, 0.2) is 0 Å². The lowest BCUT2D eigenvalue weighted by atomic mass is 9.98. The molecule has 0 aromatic rings. The van der Waals surface area contributed by atoms with Crippen LogP contribution in [-0.2, 0) is 19.2 Å². The molecule has 8 N–H and O–H groups in total. The highest BCUT2D eigenvalue weighted by Crippen LogP contribution is 2.22. The molecule has 0 saturated carbocycles. The minimum absolute atomic E-state index is 0.0141. The molecule has 262 valence electrons. The molecule has 2 fully saturated rings. The second-order valence-corrected chi connectivity index (χ2v) is 12.3. The number of nitrogens with zero attached hydrogens (tertiary/aromatic N) is 2. The standard InChI is InChI=1S/C32H54N4O10/c37-21-23-29(43)31(45)25(39)19-35(23)17-11-7-3-1-5-9-15-33-27(41)13-14-28(42)34-16-10-6-2-4-8-12-18-36-20-26(40)32(46)30(44)24(36)22-38/h25-26,29-32,39-40,43-46H,1-20H2,(H,33,41)(H,34,42)/t25-,26-,29-,30-,31+,32+/m0/s1. The summed E-state index contributed by atoms with van der Waals surface area (Å²) in [6, 6.07) is 0. The van der Waals surface area contributed by atoms with Gasteiger partial charge in [0.2, 0.25) is 11.8 Å². The molecule has 2 aliphatic heterocycles. The van der Waals surface area contributed by atoms with Gasteiger partial charge in [-0.25, -0.2) is 9.59 Å². The Hall–Kier alpha value is -2.80. The van der Waals surface area contributed by atoms with Gasteiger partial charge in [0.1, 0.15) is 59.9 Å². The summed E-state index contributed by atoms with van der Waals surface area (Å²) in [6.45, 7) is 2.28. The van der Waals surface area contributed by atoms with E-state index in [-0.39, 0.29) is 49.1 Å². The predicted octanol–water partition coefficient (Wildman–Crippen LogP) is -1.09. The monoisotopic (exact) mass is 654 g/mol. The summed E-state index contributed by atoms with van der Waals surface area (Å²) in [5.41, 5.74) is -0.0281. The number of carbonyl (C=O) groups is 2. The number of aliphatic hydroxyl groups is 6. The zero-order valence-electron chi connectivity index (χ0n) is 26.8. The normalized spacial score (nSPS) is 24.8. The molecule has 0 unspecified atom stereocenters. The SMILES string of the molecule is O=C=C1[C@H](O)[C@H](O)[C@@H](O)CN1CCCCCCCCNC(=O)CCC(=O)NCCCCCCCCN1C[C@H](O)[C@@H](O)[C@@H](O)C1=C=O. The Balaban J connectivity index is 1.38. The molecule has 0 radical (unpaired) electrons. The summed E-state index contributed by atoms with van der Waals surface area (Å²) >= 11 is 0. The van der Waals surface area contributed by atoms with Gasteiger partial charge in [0.25, 0.3) is 0 Å². The van der Waals surface area contributed by atoms with Crippen LogP contribution >= 0.6 is 0 Å². The van der Waals surface area contributed by atoms with Crippen LogP contribution in [0.15, 0.2) is 11.4 Å². The molecule has 0 bridgehead atoms. The molecule has 0 aromatic carbocycles. The molecule has 46 heavy (non-hydrogen) atoms. The lowest BCUT2D eigenvalue weighted by Gasteiger charge is -2.38. The first-order valence-corrected chi connectivity index (χ1v) is 16.7. The van der Waals surface area contributed by atoms with Gasteiger partial charge >= 0.3 is 0 Å². The van der Waals surface area contributed by atoms with Crippen molar-refractivity contribution in [3.05, 3.63) is 11.4 Å². The van der Waals surface area contributed by atoms with Gasteiger partial charge < -0.3 is 51.1 Å². The maximum absolute atomic E-state index is 12.0. The molecule has 0 aromatic heterocycles. The van der Waals surface area contributed by atoms with Crippen molar-refractivity contribution in [1.29, 1.82) is 0 Å². The molecular formula is C32H54N4O10. The summed E-state index contributed by atoms with van der Waals surface area (Å²) in [6.07, 6.45) is 3.32. The molecule has 2 heterocycles. The highest BCUT2D eigenvalue weighted by Gasteiger charge is 2.38. The van der Waals surface area contributed by atoms with E-state index in [9.17, 15) is 49.8 Å². The molecule has 6 atom stereocenters. The lowest BCUT2D eigenvalue weighted by Crippen LogP contribution is -2.54. The molecule has 2 saturated heterocycles. The third-order valence-corrected chi connectivity index (χ3v) is 8.63. The maximum Gasteiger partial charge on any atom is 0.220 e. The van der Waals surface area contributed by atoms with Crippen molar-refractivity contribution in [2.75, 3.05) is 39.3 Å². The van der Waals surface area contributed by atoms with Crippen molar-refractivity contribution < 1.29 is 49.8 Å². The summed E-state index contributed by atoms with van der Waals surface area (Å²) in [5, 5.41) is 64.6. The number of rotatable bonds is 21. The third-order valence-electron chi connectivity index (χ3n) is 8.63. The number of nitrogens with one attached hydrogen (secondary N) is 2. The smallest absolute Gasteiger partial charge is 0.220 e. The van der Waals surface area contributed by atoms with Crippen LogP contribution in [0.5, 0.6) is 0 Å². The molecule has 14 nitrogen and oxygen atoms in total. The van der Waals surface area contributed by atoms with Gasteiger partial charge in [-0.3, -0.25) is 9.59 Å². The lowest BCUT2D eigenvalue weighted by molar-refractivity contribution is -0.126. The number of β-amino-alcohol motifs (C(OH)–C–C–N with tert-alkyl or cyclic N) is 2. The van der Waals surface area contributed by atoms with Gasteiger partial charge in [0, 0.05) is 52.1 Å². The molecule has 2 amide bonds. The molecule has 2 aliphatic rings. The van der Waals surface area contributed by atoms with E-state index in [2.05, 4.69) is 10.6 Å². The molecule has 2 rings (SSSR count). The van der Waals surface area contributed by atoms with Crippen molar-refractivity contribution in [3.63, 3.8) is 0 Å². The fourth-order valence-electron chi connectivity index (χ4n) is 5.79. The number of hydrogen-bond donors (Lipinski definition) is 8. The molecule has 0 spiro atoms. The van der Waals surface area contributed by atoms with Gasteiger partial charge in [0.05, 0.1) is 0 Å². The largest absolute Gasteiger partial charge is 0.388 e. The van der Waals surface area contributed by atoms with Crippen LogP contribution in [0.2, 0.25) is 0 Å². The van der Waals surface area contributed by atoms with Crippen LogP contribution in [0.25, 0.3) is 0 Å². The van der Waals surface area contributed by atoms with Gasteiger partial charge in [-0.15, -0.1) is 0 Å². The first kappa shape index (κ1) is 39.4. The number of unbranched alkanes of at least 4 members (excludes halogenated alkanes) is 10. The Morgan fingerprint density at radius 3 is 1.24 bits per heavy atom. The highest BCUT2D eigenvalue weighted by molar-refractivity contribution is 5.83. The van der Waals surface area contributed by atoms with E-state index < -0.39 is 36.6 Å². The van der Waals surface area contributed by atoms with Crippen LogP contribution in [-0.4, -0.2) is 140 Å². The fraction of sp³-hybridized carbons (Fsp3) is 0.812. The minimum Gasteiger partial charge on any atom is -0.388 e. The van der Waals surface area contributed by atoms with Crippen molar-refractivity contribution in [2.24, 2.45) is 0 Å². The van der Waals surface area contributed by atoms with Crippen molar-refractivity contribution in [3.8, 4) is 0 Å². The second kappa shape index (κ2) is 21.9. The maximum atomic E-state index is 12.0. The van der Waals surface area contributed by atoms with E-state index in [4.69, 9.17) is 0 Å².